The van der Waals surface area contributed by atoms with E-state index in [2.05, 4.69) is 5.32 Å². The molecule has 1 heterocycles. The van der Waals surface area contributed by atoms with Gasteiger partial charge in [-0.2, -0.15) is 0 Å². The van der Waals surface area contributed by atoms with Gasteiger partial charge in [-0.3, -0.25) is 0 Å². The van der Waals surface area contributed by atoms with Crippen LogP contribution >= 0.6 is 0 Å². The maximum absolute atomic E-state index is 13.2. The third-order valence-corrected chi connectivity index (χ3v) is 3.24. The van der Waals surface area contributed by atoms with E-state index in [-0.39, 0.29) is 0 Å². The van der Waals surface area contributed by atoms with Gasteiger partial charge in [-0.15, -0.1) is 0 Å². The van der Waals surface area contributed by atoms with E-state index in [1.54, 1.807) is 0 Å². The Balaban J connectivity index is 2.06. The van der Waals surface area contributed by atoms with Crippen LogP contribution in [0.4, 0.5) is 14.5 Å². The summed E-state index contributed by atoms with van der Waals surface area (Å²) in [6.07, 6.45) is 2.18. The Bertz CT molecular complexity index is 573. The fourth-order valence-corrected chi connectivity index (χ4v) is 2.36. The van der Waals surface area contributed by atoms with E-state index in [4.69, 9.17) is 0 Å². The molecule has 0 atom stereocenters. The molecule has 0 saturated carbocycles. The first-order chi connectivity index (χ1) is 8.72. The molecule has 1 N–H and O–H groups in total. The summed E-state index contributed by atoms with van der Waals surface area (Å²) in [6.45, 7) is 0.952. The Kier molecular flexibility index (Phi) is 2.74. The molecule has 0 aliphatic carbocycles. The first-order valence-corrected chi connectivity index (χ1v) is 6.06. The van der Waals surface area contributed by atoms with Crippen molar-refractivity contribution in [3.05, 3.63) is 53.6 Å². The monoisotopic (exact) mass is 245 g/mol. The maximum Gasteiger partial charge on any atom is 0.126 e. The van der Waals surface area contributed by atoms with Crippen molar-refractivity contribution in [3.8, 4) is 11.1 Å². The van der Waals surface area contributed by atoms with E-state index < -0.39 is 11.6 Å². The third kappa shape index (κ3) is 2.08. The minimum absolute atomic E-state index is 0.546. The minimum atomic E-state index is -0.546. The van der Waals surface area contributed by atoms with Crippen LogP contribution in [0.15, 0.2) is 36.4 Å². The average Bonchev–Trinajstić information content (AvgIpc) is 2.37. The average molecular weight is 245 g/mol. The lowest BCUT2D eigenvalue weighted by molar-refractivity contribution is 0.584. The first kappa shape index (κ1) is 11.2. The van der Waals surface area contributed by atoms with Crippen molar-refractivity contribution in [2.75, 3.05) is 11.9 Å². The molecule has 0 radical (unpaired) electrons. The smallest absolute Gasteiger partial charge is 0.126 e. The predicted octanol–water partition coefficient (Wildman–Crippen LogP) is 3.99. The van der Waals surface area contributed by atoms with Gasteiger partial charge in [0.05, 0.1) is 0 Å². The van der Waals surface area contributed by atoms with Crippen LogP contribution in [0.2, 0.25) is 0 Å². The number of halogens is 2. The summed E-state index contributed by atoms with van der Waals surface area (Å²) in [7, 11) is 0. The number of hydrogen-bond donors (Lipinski definition) is 1. The van der Waals surface area contributed by atoms with Crippen LogP contribution in [0.25, 0.3) is 11.1 Å². The Morgan fingerprint density at radius 3 is 2.44 bits per heavy atom. The van der Waals surface area contributed by atoms with Gasteiger partial charge in [0, 0.05) is 18.3 Å². The lowest BCUT2D eigenvalue weighted by atomic mass is 9.98. The number of nitrogens with one attached hydrogen (secondary N) is 1. The van der Waals surface area contributed by atoms with Crippen molar-refractivity contribution in [1.29, 1.82) is 0 Å². The summed E-state index contributed by atoms with van der Waals surface area (Å²) in [5.74, 6) is -1.09. The molecule has 0 aromatic heterocycles. The number of benzene rings is 2. The molecule has 2 aromatic carbocycles. The second kappa shape index (κ2) is 4.41. The van der Waals surface area contributed by atoms with E-state index in [0.717, 1.165) is 36.7 Å². The highest BCUT2D eigenvalue weighted by atomic mass is 19.1. The number of hydrogen-bond acceptors (Lipinski definition) is 1. The topological polar surface area (TPSA) is 12.0 Å². The first-order valence-electron chi connectivity index (χ1n) is 6.06. The quantitative estimate of drug-likeness (QED) is 0.801. The highest BCUT2D eigenvalue weighted by Gasteiger charge is 2.10. The molecule has 2 aromatic rings. The van der Waals surface area contributed by atoms with E-state index in [9.17, 15) is 8.78 Å². The zero-order valence-electron chi connectivity index (χ0n) is 9.84. The summed E-state index contributed by atoms with van der Waals surface area (Å²) in [5, 5.41) is 3.31. The molecule has 0 saturated heterocycles. The molecule has 0 unspecified atom stereocenters. The van der Waals surface area contributed by atoms with Gasteiger partial charge in [0.25, 0.3) is 0 Å². The van der Waals surface area contributed by atoms with Gasteiger partial charge in [0.2, 0.25) is 0 Å². The summed E-state index contributed by atoms with van der Waals surface area (Å²) in [5.41, 5.74) is 3.74. The molecule has 0 fully saturated rings. The molecule has 18 heavy (non-hydrogen) atoms. The van der Waals surface area contributed by atoms with Crippen molar-refractivity contribution in [2.45, 2.75) is 12.8 Å². The predicted molar refractivity (Wildman–Crippen MR) is 68.6 cm³/mol. The molecule has 0 amide bonds. The van der Waals surface area contributed by atoms with Gasteiger partial charge in [-0.05, 0) is 47.7 Å². The van der Waals surface area contributed by atoms with Gasteiger partial charge < -0.3 is 5.32 Å². The molecule has 1 nitrogen and oxygen atoms in total. The molecule has 1 aliphatic heterocycles. The van der Waals surface area contributed by atoms with E-state index in [0.29, 0.717) is 5.56 Å². The van der Waals surface area contributed by atoms with Crippen molar-refractivity contribution >= 4 is 5.69 Å². The zero-order chi connectivity index (χ0) is 12.5. The maximum atomic E-state index is 13.2. The normalized spacial score (nSPS) is 13.9. The molecule has 3 rings (SSSR count). The highest BCUT2D eigenvalue weighted by molar-refractivity contribution is 5.70. The largest absolute Gasteiger partial charge is 0.385 e. The van der Waals surface area contributed by atoms with Crippen molar-refractivity contribution in [3.63, 3.8) is 0 Å². The molecule has 92 valence electrons. The highest BCUT2D eigenvalue weighted by Crippen LogP contribution is 2.29. The number of aryl methyl sites for hydroxylation is 1. The van der Waals surface area contributed by atoms with Gasteiger partial charge in [0.15, 0.2) is 0 Å². The second-order valence-corrected chi connectivity index (χ2v) is 4.56. The minimum Gasteiger partial charge on any atom is -0.385 e. The fourth-order valence-electron chi connectivity index (χ4n) is 2.36. The Morgan fingerprint density at radius 2 is 1.67 bits per heavy atom. The zero-order valence-corrected chi connectivity index (χ0v) is 9.84. The summed E-state index contributed by atoms with van der Waals surface area (Å²) in [6, 6.07) is 9.50. The van der Waals surface area contributed by atoms with Crippen LogP contribution in [-0.4, -0.2) is 6.54 Å². The summed E-state index contributed by atoms with van der Waals surface area (Å²) < 4.78 is 26.4. The van der Waals surface area contributed by atoms with Crippen LogP contribution in [0.1, 0.15) is 12.0 Å². The summed E-state index contributed by atoms with van der Waals surface area (Å²) in [4.78, 5) is 0. The Labute approximate surface area is 104 Å². The van der Waals surface area contributed by atoms with E-state index in [1.807, 2.05) is 18.2 Å². The third-order valence-electron chi connectivity index (χ3n) is 3.24. The van der Waals surface area contributed by atoms with Crippen molar-refractivity contribution < 1.29 is 8.78 Å². The van der Waals surface area contributed by atoms with Crippen LogP contribution < -0.4 is 5.32 Å². The molecular formula is C15H13F2N. The molecule has 0 bridgehead atoms. The van der Waals surface area contributed by atoms with Gasteiger partial charge in [-0.25, -0.2) is 8.78 Å². The molecule has 3 heteroatoms. The van der Waals surface area contributed by atoms with Crippen LogP contribution in [-0.2, 0) is 6.42 Å². The van der Waals surface area contributed by atoms with Gasteiger partial charge in [0.1, 0.15) is 11.6 Å². The lowest BCUT2D eigenvalue weighted by Crippen LogP contribution is -2.11. The SMILES string of the molecule is Fc1cc(F)cc(-c2ccc3c(c2)NCCC3)c1. The van der Waals surface area contributed by atoms with Crippen LogP contribution in [0.3, 0.4) is 0 Å². The van der Waals surface area contributed by atoms with Crippen molar-refractivity contribution in [2.24, 2.45) is 0 Å². The fraction of sp³-hybridized carbons (Fsp3) is 0.200. The van der Waals surface area contributed by atoms with Gasteiger partial charge >= 0.3 is 0 Å². The Hall–Kier alpha value is -1.90. The standard InChI is InChI=1S/C15H13F2N/c16-13-6-12(7-14(17)9-13)11-4-3-10-2-1-5-18-15(10)8-11/h3-4,6-9,18H,1-2,5H2. The second-order valence-electron chi connectivity index (χ2n) is 4.56. The summed E-state index contributed by atoms with van der Waals surface area (Å²) >= 11 is 0. The lowest BCUT2D eigenvalue weighted by Gasteiger charge is -2.18. The van der Waals surface area contributed by atoms with E-state index in [1.165, 1.54) is 17.7 Å². The van der Waals surface area contributed by atoms with Crippen LogP contribution in [0.5, 0.6) is 0 Å². The number of fused-ring (bicyclic) bond motifs is 1. The van der Waals surface area contributed by atoms with Gasteiger partial charge in [-0.1, -0.05) is 12.1 Å². The van der Waals surface area contributed by atoms with E-state index >= 15 is 0 Å². The van der Waals surface area contributed by atoms with Crippen molar-refractivity contribution in [1.82, 2.24) is 0 Å². The number of anilines is 1. The van der Waals surface area contributed by atoms with Crippen LogP contribution in [0, 0.1) is 11.6 Å². The Morgan fingerprint density at radius 1 is 0.889 bits per heavy atom. The molecule has 0 spiro atoms. The molecular weight excluding hydrogens is 232 g/mol. The molecule has 1 aliphatic rings. The number of rotatable bonds is 1.